The number of hydrogen-bond acceptors (Lipinski definition) is 3. The van der Waals surface area contributed by atoms with Crippen LogP contribution < -0.4 is 10.6 Å². The molecule has 1 aromatic carbocycles. The topological polar surface area (TPSA) is 29.3 Å². The highest BCUT2D eigenvalue weighted by Gasteiger charge is 2.14. The van der Waals surface area contributed by atoms with Gasteiger partial charge in [-0.3, -0.25) is 0 Å². The fourth-order valence-corrected chi connectivity index (χ4v) is 3.57. The summed E-state index contributed by atoms with van der Waals surface area (Å²) in [6, 6.07) is 6.79. The van der Waals surface area contributed by atoms with E-state index in [-0.39, 0.29) is 6.04 Å². The smallest absolute Gasteiger partial charge is 0.0410 e. The van der Waals surface area contributed by atoms with Crippen LogP contribution in [0, 0.1) is 0 Å². The lowest BCUT2D eigenvalue weighted by Gasteiger charge is -2.26. The molecule has 1 atom stereocenters. The minimum absolute atomic E-state index is 0.214. The van der Waals surface area contributed by atoms with E-state index in [1.54, 1.807) is 0 Å². The van der Waals surface area contributed by atoms with Crippen molar-refractivity contribution in [3.8, 4) is 0 Å². The molecule has 0 radical (unpaired) electrons. The molecule has 18 heavy (non-hydrogen) atoms. The third-order valence-corrected chi connectivity index (χ3v) is 4.69. The number of anilines is 1. The number of hydrogen-bond donors (Lipinski definition) is 1. The van der Waals surface area contributed by atoms with Crippen LogP contribution >= 0.6 is 27.7 Å². The molecule has 1 aliphatic rings. The Morgan fingerprint density at radius 1 is 1.39 bits per heavy atom. The third kappa shape index (κ3) is 3.90. The number of nitrogens with zero attached hydrogens (tertiary/aromatic N) is 1. The van der Waals surface area contributed by atoms with Crippen LogP contribution in [-0.2, 0) is 6.42 Å². The van der Waals surface area contributed by atoms with Crippen molar-refractivity contribution in [3.05, 3.63) is 28.2 Å². The zero-order valence-electron chi connectivity index (χ0n) is 10.9. The van der Waals surface area contributed by atoms with Gasteiger partial charge in [-0.1, -0.05) is 22.0 Å². The second-order valence-electron chi connectivity index (χ2n) is 4.91. The van der Waals surface area contributed by atoms with Crippen molar-refractivity contribution in [2.24, 2.45) is 5.73 Å². The van der Waals surface area contributed by atoms with Crippen molar-refractivity contribution in [1.29, 1.82) is 0 Å². The molecule has 1 saturated heterocycles. The first-order valence-corrected chi connectivity index (χ1v) is 8.48. The van der Waals surface area contributed by atoms with E-state index in [2.05, 4.69) is 57.7 Å². The van der Waals surface area contributed by atoms with Crippen molar-refractivity contribution in [1.82, 2.24) is 0 Å². The zero-order chi connectivity index (χ0) is 13.0. The summed E-state index contributed by atoms with van der Waals surface area (Å²) < 4.78 is 1.16. The summed E-state index contributed by atoms with van der Waals surface area (Å²) in [5.41, 5.74) is 8.70. The van der Waals surface area contributed by atoms with Crippen LogP contribution in [0.3, 0.4) is 0 Å². The molecule has 0 bridgehead atoms. The maximum Gasteiger partial charge on any atom is 0.0410 e. The summed E-state index contributed by atoms with van der Waals surface area (Å²) in [6.07, 6.45) is 2.22. The molecule has 0 aliphatic carbocycles. The Morgan fingerprint density at radius 2 is 2.22 bits per heavy atom. The SMILES string of the molecule is CC(N)Cc1ccc(Br)cc1N1CCCSCC1. The Balaban J connectivity index is 2.24. The Kier molecular flexibility index (Phi) is 5.39. The van der Waals surface area contributed by atoms with Crippen LogP contribution in [0.25, 0.3) is 0 Å². The molecular formula is C14H21BrN2S. The molecule has 0 saturated carbocycles. The number of halogens is 1. The highest BCUT2D eigenvalue weighted by Crippen LogP contribution is 2.28. The highest BCUT2D eigenvalue weighted by atomic mass is 79.9. The van der Waals surface area contributed by atoms with E-state index >= 15 is 0 Å². The van der Waals surface area contributed by atoms with E-state index in [9.17, 15) is 0 Å². The fraction of sp³-hybridized carbons (Fsp3) is 0.571. The zero-order valence-corrected chi connectivity index (χ0v) is 13.3. The van der Waals surface area contributed by atoms with Crippen LogP contribution in [-0.4, -0.2) is 30.6 Å². The van der Waals surface area contributed by atoms with Gasteiger partial charge in [0.15, 0.2) is 0 Å². The summed E-state index contributed by atoms with van der Waals surface area (Å²) >= 11 is 5.65. The summed E-state index contributed by atoms with van der Waals surface area (Å²) in [6.45, 7) is 4.38. The van der Waals surface area contributed by atoms with Gasteiger partial charge in [0.2, 0.25) is 0 Å². The fourth-order valence-electron chi connectivity index (χ4n) is 2.34. The second kappa shape index (κ2) is 6.83. The third-order valence-electron chi connectivity index (χ3n) is 3.15. The first-order valence-electron chi connectivity index (χ1n) is 6.53. The largest absolute Gasteiger partial charge is 0.370 e. The van der Waals surface area contributed by atoms with Gasteiger partial charge in [-0.15, -0.1) is 0 Å². The van der Waals surface area contributed by atoms with Gasteiger partial charge < -0.3 is 10.6 Å². The molecule has 2 rings (SSSR count). The first kappa shape index (κ1) is 14.2. The van der Waals surface area contributed by atoms with Gasteiger partial charge >= 0.3 is 0 Å². The molecule has 1 aromatic rings. The molecule has 100 valence electrons. The molecule has 2 N–H and O–H groups in total. The lowest BCUT2D eigenvalue weighted by atomic mass is 10.0. The molecule has 0 spiro atoms. The molecule has 1 unspecified atom stereocenters. The molecule has 1 fully saturated rings. The number of nitrogens with two attached hydrogens (primary N) is 1. The Bertz CT molecular complexity index is 387. The van der Waals surface area contributed by atoms with E-state index < -0.39 is 0 Å². The van der Waals surface area contributed by atoms with Crippen LogP contribution in [0.1, 0.15) is 18.9 Å². The van der Waals surface area contributed by atoms with Crippen LogP contribution in [0.2, 0.25) is 0 Å². The maximum absolute atomic E-state index is 5.96. The summed E-state index contributed by atoms with van der Waals surface area (Å²) in [4.78, 5) is 2.52. The van der Waals surface area contributed by atoms with Crippen LogP contribution in [0.4, 0.5) is 5.69 Å². The highest BCUT2D eigenvalue weighted by molar-refractivity contribution is 9.10. The van der Waals surface area contributed by atoms with Gasteiger partial charge in [-0.05, 0) is 43.2 Å². The first-order chi connectivity index (χ1) is 8.66. The molecule has 4 heteroatoms. The normalized spacial score (nSPS) is 18.5. The van der Waals surface area contributed by atoms with Crippen molar-refractivity contribution in [2.75, 3.05) is 29.5 Å². The number of benzene rings is 1. The van der Waals surface area contributed by atoms with Crippen LogP contribution in [0.5, 0.6) is 0 Å². The van der Waals surface area contributed by atoms with Crippen molar-refractivity contribution < 1.29 is 0 Å². The van der Waals surface area contributed by atoms with Gasteiger partial charge in [0.05, 0.1) is 0 Å². The summed E-state index contributed by atoms with van der Waals surface area (Å²) in [7, 11) is 0. The molecule has 0 amide bonds. The van der Waals surface area contributed by atoms with E-state index in [0.717, 1.165) is 24.0 Å². The average molecular weight is 329 g/mol. The second-order valence-corrected chi connectivity index (χ2v) is 7.05. The molecule has 2 nitrogen and oxygen atoms in total. The molecular weight excluding hydrogens is 308 g/mol. The molecule has 0 aromatic heterocycles. The van der Waals surface area contributed by atoms with Gasteiger partial charge in [0.25, 0.3) is 0 Å². The number of thioether (sulfide) groups is 1. The Morgan fingerprint density at radius 3 is 3.00 bits per heavy atom. The quantitative estimate of drug-likeness (QED) is 0.923. The van der Waals surface area contributed by atoms with E-state index in [1.165, 1.54) is 29.2 Å². The monoisotopic (exact) mass is 328 g/mol. The van der Waals surface area contributed by atoms with Gasteiger partial charge in [0, 0.05) is 35.0 Å². The van der Waals surface area contributed by atoms with Crippen molar-refractivity contribution in [2.45, 2.75) is 25.8 Å². The van der Waals surface area contributed by atoms with Gasteiger partial charge in [0.1, 0.15) is 0 Å². The minimum Gasteiger partial charge on any atom is -0.370 e. The Hall–Kier alpha value is -0.190. The molecule has 1 aliphatic heterocycles. The Labute approximate surface area is 122 Å². The predicted molar refractivity (Wildman–Crippen MR) is 85.7 cm³/mol. The lowest BCUT2D eigenvalue weighted by Crippen LogP contribution is -2.28. The van der Waals surface area contributed by atoms with E-state index in [1.807, 2.05) is 0 Å². The van der Waals surface area contributed by atoms with Crippen molar-refractivity contribution in [3.63, 3.8) is 0 Å². The predicted octanol–water partition coefficient (Wildman–Crippen LogP) is 3.28. The maximum atomic E-state index is 5.96. The lowest BCUT2D eigenvalue weighted by molar-refractivity contribution is 0.729. The summed E-state index contributed by atoms with van der Waals surface area (Å²) in [5.74, 6) is 2.51. The molecule has 1 heterocycles. The van der Waals surface area contributed by atoms with Gasteiger partial charge in [-0.2, -0.15) is 11.8 Å². The summed E-state index contributed by atoms with van der Waals surface area (Å²) in [5, 5.41) is 0. The minimum atomic E-state index is 0.214. The number of rotatable bonds is 3. The van der Waals surface area contributed by atoms with E-state index in [4.69, 9.17) is 5.73 Å². The standard InChI is InChI=1S/C14H21BrN2S/c1-11(16)9-12-3-4-13(15)10-14(12)17-5-2-7-18-8-6-17/h3-4,10-11H,2,5-9,16H2,1H3. The average Bonchev–Trinajstić information content (AvgIpc) is 2.59. The van der Waals surface area contributed by atoms with Crippen LogP contribution in [0.15, 0.2) is 22.7 Å². The van der Waals surface area contributed by atoms with E-state index in [0.29, 0.717) is 0 Å². The van der Waals surface area contributed by atoms with Crippen molar-refractivity contribution >= 4 is 33.4 Å². The van der Waals surface area contributed by atoms with Gasteiger partial charge in [-0.25, -0.2) is 0 Å².